The molecule has 1 aromatic carbocycles. The zero-order valence-corrected chi connectivity index (χ0v) is 15.4. The van der Waals surface area contributed by atoms with Crippen LogP contribution < -0.4 is 15.5 Å². The summed E-state index contributed by atoms with van der Waals surface area (Å²) in [5, 5.41) is 18.1. The summed E-state index contributed by atoms with van der Waals surface area (Å²) in [4.78, 5) is 14.0. The van der Waals surface area contributed by atoms with Gasteiger partial charge < -0.3 is 25.4 Å². The van der Waals surface area contributed by atoms with Crippen LogP contribution in [0.2, 0.25) is 0 Å². The fraction of sp³-hybridized carbons (Fsp3) is 0.444. The van der Waals surface area contributed by atoms with Gasteiger partial charge in [-0.1, -0.05) is 0 Å². The third-order valence-corrected chi connectivity index (χ3v) is 4.19. The molecule has 0 aliphatic carbocycles. The lowest BCUT2D eigenvalue weighted by Crippen LogP contribution is -2.45. The topological polar surface area (TPSA) is 91.7 Å². The van der Waals surface area contributed by atoms with Crippen LogP contribution in [0.5, 0.6) is 0 Å². The summed E-state index contributed by atoms with van der Waals surface area (Å²) in [5.41, 5.74) is 1.33. The van der Waals surface area contributed by atoms with Gasteiger partial charge in [0.25, 0.3) is 0 Å². The third-order valence-electron chi connectivity index (χ3n) is 4.19. The van der Waals surface area contributed by atoms with Crippen LogP contribution in [0.4, 0.5) is 26.2 Å². The van der Waals surface area contributed by atoms with Gasteiger partial charge in [0.1, 0.15) is 5.82 Å². The van der Waals surface area contributed by atoms with Crippen LogP contribution in [0.25, 0.3) is 0 Å². The highest BCUT2D eigenvalue weighted by Gasteiger charge is 2.24. The Balaban J connectivity index is 1.62. The van der Waals surface area contributed by atoms with Gasteiger partial charge in [-0.15, -0.1) is 0 Å². The molecule has 0 spiro atoms. The number of rotatable bonds is 5. The van der Waals surface area contributed by atoms with E-state index in [1.807, 2.05) is 18.7 Å². The van der Waals surface area contributed by atoms with Crippen LogP contribution in [-0.4, -0.2) is 52.8 Å². The number of carbonyl (C=O) groups excluding carboxylic acids is 1. The zero-order valence-electron chi connectivity index (χ0n) is 15.4. The van der Waals surface area contributed by atoms with E-state index < -0.39 is 11.8 Å². The van der Waals surface area contributed by atoms with Crippen molar-refractivity contribution in [1.29, 1.82) is 0 Å². The van der Waals surface area contributed by atoms with Crippen LogP contribution in [0.1, 0.15) is 13.8 Å². The van der Waals surface area contributed by atoms with Crippen molar-refractivity contribution in [3.8, 4) is 0 Å². The lowest BCUT2D eigenvalue weighted by molar-refractivity contribution is -0.00539. The highest BCUT2D eigenvalue weighted by molar-refractivity contribution is 5.99. The molecule has 1 fully saturated rings. The number of amides is 2. The van der Waals surface area contributed by atoms with E-state index in [0.29, 0.717) is 36.7 Å². The quantitative estimate of drug-likeness (QED) is 0.744. The summed E-state index contributed by atoms with van der Waals surface area (Å²) >= 11 is 0. The number of morpholine rings is 1. The molecule has 8 nitrogen and oxygen atoms in total. The van der Waals surface area contributed by atoms with E-state index in [2.05, 4.69) is 15.7 Å². The van der Waals surface area contributed by atoms with E-state index in [4.69, 9.17) is 9.84 Å². The monoisotopic (exact) mass is 377 g/mol. The summed E-state index contributed by atoms with van der Waals surface area (Å²) in [7, 11) is 0. The number of urea groups is 1. The van der Waals surface area contributed by atoms with Crippen LogP contribution in [0.3, 0.4) is 0 Å². The van der Waals surface area contributed by atoms with Crippen molar-refractivity contribution in [1.82, 2.24) is 9.78 Å². The average molecular weight is 377 g/mol. The molecular weight excluding hydrogens is 353 g/mol. The Labute approximate surface area is 156 Å². The van der Waals surface area contributed by atoms with Gasteiger partial charge >= 0.3 is 6.03 Å². The van der Waals surface area contributed by atoms with Gasteiger partial charge in [-0.05, 0) is 32.0 Å². The molecule has 146 valence electrons. The predicted octanol–water partition coefficient (Wildman–Crippen LogP) is 2.27. The first-order valence-corrected chi connectivity index (χ1v) is 8.86. The van der Waals surface area contributed by atoms with Crippen LogP contribution in [0.15, 0.2) is 30.6 Å². The number of aromatic nitrogens is 2. The number of hydrogen-bond acceptors (Lipinski definition) is 5. The maximum absolute atomic E-state index is 14.6. The lowest BCUT2D eigenvalue weighted by Gasteiger charge is -2.37. The number of carbonyl (C=O) groups is 1. The van der Waals surface area contributed by atoms with Crippen molar-refractivity contribution in [3.05, 3.63) is 36.4 Å². The Morgan fingerprint density at radius 2 is 2.00 bits per heavy atom. The van der Waals surface area contributed by atoms with Crippen molar-refractivity contribution < 1.29 is 19.0 Å². The first kappa shape index (κ1) is 19.1. The summed E-state index contributed by atoms with van der Waals surface area (Å²) < 4.78 is 21.7. The molecule has 1 aliphatic heterocycles. The molecule has 2 heterocycles. The molecule has 3 rings (SSSR count). The summed E-state index contributed by atoms with van der Waals surface area (Å²) in [6.45, 7) is 5.46. The van der Waals surface area contributed by atoms with Crippen molar-refractivity contribution in [2.75, 3.05) is 35.2 Å². The van der Waals surface area contributed by atoms with Gasteiger partial charge in [0.05, 0.1) is 42.9 Å². The molecule has 0 saturated carbocycles. The highest BCUT2D eigenvalue weighted by Crippen LogP contribution is 2.26. The number of ether oxygens (including phenoxy) is 1. The van der Waals surface area contributed by atoms with E-state index in [0.717, 1.165) is 0 Å². The van der Waals surface area contributed by atoms with Crippen LogP contribution in [0, 0.1) is 5.82 Å². The Morgan fingerprint density at radius 3 is 2.67 bits per heavy atom. The number of aliphatic hydroxyl groups excluding tert-OH is 1. The maximum Gasteiger partial charge on any atom is 0.323 e. The number of anilines is 3. The minimum atomic E-state index is -0.501. The van der Waals surface area contributed by atoms with E-state index in [1.54, 1.807) is 18.3 Å². The normalized spacial score (nSPS) is 19.8. The van der Waals surface area contributed by atoms with Gasteiger partial charge in [0.15, 0.2) is 0 Å². The van der Waals surface area contributed by atoms with Crippen LogP contribution in [-0.2, 0) is 11.3 Å². The Bertz CT molecular complexity index is 787. The Kier molecular flexibility index (Phi) is 5.92. The Hall–Kier alpha value is -2.65. The largest absolute Gasteiger partial charge is 0.394 e. The molecule has 1 aliphatic rings. The van der Waals surface area contributed by atoms with Crippen molar-refractivity contribution in [3.63, 3.8) is 0 Å². The summed E-state index contributed by atoms with van der Waals surface area (Å²) in [6.07, 6.45) is 3.13. The third kappa shape index (κ3) is 4.95. The SMILES string of the molecule is C[C@@H]1CN(c2ccc(NC(=O)Nc3cnn(CCO)c3)cc2F)C[C@H](C)O1. The zero-order chi connectivity index (χ0) is 19.4. The standard InChI is InChI=1S/C18H24FN5O3/c1-12-9-23(10-13(2)27-12)17-4-3-14(7-16(17)19)21-18(26)22-15-8-20-24(11-15)5-6-25/h3-4,7-8,11-13,25H,5-6,9-10H2,1-2H3,(H2,21,22,26)/t12-,13+. The molecule has 0 bridgehead atoms. The van der Waals surface area contributed by atoms with Gasteiger partial charge in [-0.2, -0.15) is 5.10 Å². The molecule has 0 unspecified atom stereocenters. The van der Waals surface area contributed by atoms with Crippen LogP contribution >= 0.6 is 0 Å². The number of nitrogens with zero attached hydrogens (tertiary/aromatic N) is 3. The molecule has 2 amide bonds. The number of aliphatic hydroxyl groups is 1. The predicted molar refractivity (Wildman–Crippen MR) is 101 cm³/mol. The number of nitrogens with one attached hydrogen (secondary N) is 2. The lowest BCUT2D eigenvalue weighted by atomic mass is 10.2. The number of hydrogen-bond donors (Lipinski definition) is 3. The highest BCUT2D eigenvalue weighted by atomic mass is 19.1. The maximum atomic E-state index is 14.6. The van der Waals surface area contributed by atoms with Gasteiger partial charge in [0, 0.05) is 25.0 Å². The second-order valence-corrected chi connectivity index (χ2v) is 6.62. The van der Waals surface area contributed by atoms with E-state index in [9.17, 15) is 9.18 Å². The van der Waals surface area contributed by atoms with Crippen molar-refractivity contribution in [2.45, 2.75) is 32.6 Å². The fourth-order valence-corrected chi connectivity index (χ4v) is 3.16. The summed E-state index contributed by atoms with van der Waals surface area (Å²) in [5.74, 6) is -0.398. The second kappa shape index (κ2) is 8.36. The molecule has 1 saturated heterocycles. The van der Waals surface area contributed by atoms with Gasteiger partial charge in [-0.3, -0.25) is 4.68 Å². The molecule has 2 aromatic rings. The Morgan fingerprint density at radius 1 is 1.30 bits per heavy atom. The molecule has 0 radical (unpaired) electrons. The summed E-state index contributed by atoms with van der Waals surface area (Å²) in [6, 6.07) is 4.13. The minimum absolute atomic E-state index is 0.0310. The molecule has 2 atom stereocenters. The van der Waals surface area contributed by atoms with Gasteiger partial charge in [-0.25, -0.2) is 9.18 Å². The molecule has 27 heavy (non-hydrogen) atoms. The molecule has 9 heteroatoms. The van der Waals surface area contributed by atoms with Gasteiger partial charge in [0.2, 0.25) is 0 Å². The fourth-order valence-electron chi connectivity index (χ4n) is 3.16. The first-order valence-electron chi connectivity index (χ1n) is 8.86. The van der Waals surface area contributed by atoms with Crippen molar-refractivity contribution >= 4 is 23.1 Å². The first-order chi connectivity index (χ1) is 12.9. The van der Waals surface area contributed by atoms with E-state index in [1.165, 1.54) is 16.9 Å². The minimum Gasteiger partial charge on any atom is -0.394 e. The molecule has 1 aromatic heterocycles. The second-order valence-electron chi connectivity index (χ2n) is 6.62. The number of halogens is 1. The molecular formula is C18H24FN5O3. The van der Waals surface area contributed by atoms with E-state index >= 15 is 0 Å². The average Bonchev–Trinajstić information content (AvgIpc) is 3.01. The number of benzene rings is 1. The van der Waals surface area contributed by atoms with E-state index in [-0.39, 0.29) is 18.8 Å². The van der Waals surface area contributed by atoms with Crippen molar-refractivity contribution in [2.24, 2.45) is 0 Å². The molecule has 3 N–H and O–H groups in total. The smallest absolute Gasteiger partial charge is 0.323 e.